The van der Waals surface area contributed by atoms with Gasteiger partial charge in [-0.3, -0.25) is 9.59 Å². The van der Waals surface area contributed by atoms with E-state index in [0.717, 1.165) is 18.2 Å². The minimum absolute atomic E-state index is 0.111. The summed E-state index contributed by atoms with van der Waals surface area (Å²) < 4.78 is 25.9. The molecule has 2 aromatic carbocycles. The van der Waals surface area contributed by atoms with Crippen molar-refractivity contribution in [1.29, 1.82) is 0 Å². The first-order valence-electron chi connectivity index (χ1n) is 6.55. The van der Waals surface area contributed by atoms with E-state index in [2.05, 4.69) is 10.6 Å². The van der Waals surface area contributed by atoms with Gasteiger partial charge in [0.05, 0.1) is 22.3 Å². The first-order valence-corrected chi connectivity index (χ1v) is 7.31. The molecule has 0 aliphatic heterocycles. The van der Waals surface area contributed by atoms with Crippen LogP contribution in [0.2, 0.25) is 10.0 Å². The predicted octanol–water partition coefficient (Wildman–Crippen LogP) is 3.22. The Morgan fingerprint density at radius 1 is 1.04 bits per heavy atom. The molecule has 0 spiro atoms. The number of carbonyl (C=O) groups excluding carboxylic acids is 2. The summed E-state index contributed by atoms with van der Waals surface area (Å²) in [5.41, 5.74) is 5.95. The fourth-order valence-corrected chi connectivity index (χ4v) is 2.25. The third kappa shape index (κ3) is 4.33. The van der Waals surface area contributed by atoms with Crippen molar-refractivity contribution in [2.24, 2.45) is 0 Å². The Hall–Kier alpha value is -2.38. The molecule has 0 saturated carbocycles. The van der Waals surface area contributed by atoms with Crippen molar-refractivity contribution in [2.45, 2.75) is 0 Å². The van der Waals surface area contributed by atoms with Crippen molar-refractivity contribution in [2.75, 3.05) is 17.6 Å². The lowest BCUT2D eigenvalue weighted by molar-refractivity contribution is -0.115. The molecule has 0 unspecified atom stereocenters. The summed E-state index contributed by atoms with van der Waals surface area (Å²) in [4.78, 5) is 23.6. The number of carbonyl (C=O) groups is 2. The van der Waals surface area contributed by atoms with Gasteiger partial charge in [0.15, 0.2) is 11.6 Å². The third-order valence-electron chi connectivity index (χ3n) is 2.95. The standard InChI is InChI=1S/C15H11Cl2F2N3O2/c16-9-4-8(5-10(17)14(9)20)22-13(23)6-21-15(24)7-1-2-11(18)12(19)3-7/h1-5H,6,20H2,(H,21,24)(H,22,23). The summed E-state index contributed by atoms with van der Waals surface area (Å²) >= 11 is 11.7. The summed E-state index contributed by atoms with van der Waals surface area (Å²) in [5.74, 6) is -3.51. The average Bonchev–Trinajstić information content (AvgIpc) is 2.52. The molecule has 0 heterocycles. The number of nitrogen functional groups attached to an aromatic ring is 1. The van der Waals surface area contributed by atoms with E-state index in [0.29, 0.717) is 5.69 Å². The largest absolute Gasteiger partial charge is 0.396 e. The number of nitrogens with one attached hydrogen (secondary N) is 2. The second-order valence-corrected chi connectivity index (χ2v) is 5.53. The number of hydrogen-bond donors (Lipinski definition) is 3. The van der Waals surface area contributed by atoms with Crippen LogP contribution in [-0.4, -0.2) is 18.4 Å². The summed E-state index contributed by atoms with van der Waals surface area (Å²) in [5, 5.41) is 5.08. The molecule has 0 atom stereocenters. The molecule has 4 N–H and O–H groups in total. The molecule has 0 aromatic heterocycles. The van der Waals surface area contributed by atoms with Crippen LogP contribution in [0, 0.1) is 11.6 Å². The Kier molecular flexibility index (Phi) is 5.58. The third-order valence-corrected chi connectivity index (χ3v) is 3.58. The van der Waals surface area contributed by atoms with Crippen LogP contribution in [0.25, 0.3) is 0 Å². The molecule has 0 aliphatic rings. The first-order chi connectivity index (χ1) is 11.3. The highest BCUT2D eigenvalue weighted by Crippen LogP contribution is 2.30. The average molecular weight is 374 g/mol. The van der Waals surface area contributed by atoms with Crippen molar-refractivity contribution in [3.05, 3.63) is 57.6 Å². The summed E-state index contributed by atoms with van der Waals surface area (Å²) in [6.45, 7) is -0.391. The fraction of sp³-hybridized carbons (Fsp3) is 0.0667. The number of amides is 2. The zero-order chi connectivity index (χ0) is 17.9. The molecule has 0 saturated heterocycles. The van der Waals surface area contributed by atoms with Gasteiger partial charge in [-0.25, -0.2) is 8.78 Å². The van der Waals surface area contributed by atoms with Crippen molar-refractivity contribution in [3.63, 3.8) is 0 Å². The van der Waals surface area contributed by atoms with Gasteiger partial charge in [-0.05, 0) is 30.3 Å². The molecule has 5 nitrogen and oxygen atoms in total. The maximum atomic E-state index is 13.1. The molecule has 2 rings (SSSR count). The SMILES string of the molecule is Nc1c(Cl)cc(NC(=O)CNC(=O)c2ccc(F)c(F)c2)cc1Cl. The number of rotatable bonds is 4. The predicted molar refractivity (Wildman–Crippen MR) is 88.2 cm³/mol. The van der Waals surface area contributed by atoms with Crippen molar-refractivity contribution >= 4 is 46.4 Å². The van der Waals surface area contributed by atoms with E-state index < -0.39 is 30.0 Å². The zero-order valence-corrected chi connectivity index (χ0v) is 13.5. The van der Waals surface area contributed by atoms with E-state index in [1.807, 2.05) is 0 Å². The highest BCUT2D eigenvalue weighted by atomic mass is 35.5. The molecular formula is C15H11Cl2F2N3O2. The van der Waals surface area contributed by atoms with Crippen LogP contribution in [-0.2, 0) is 4.79 Å². The highest BCUT2D eigenvalue weighted by molar-refractivity contribution is 6.39. The lowest BCUT2D eigenvalue weighted by Gasteiger charge is -2.09. The highest BCUT2D eigenvalue weighted by Gasteiger charge is 2.12. The van der Waals surface area contributed by atoms with Crippen molar-refractivity contribution < 1.29 is 18.4 Å². The van der Waals surface area contributed by atoms with Gasteiger partial charge in [-0.2, -0.15) is 0 Å². The number of halogens is 4. The Morgan fingerprint density at radius 3 is 2.25 bits per heavy atom. The van der Waals surface area contributed by atoms with Gasteiger partial charge in [0.2, 0.25) is 5.91 Å². The topological polar surface area (TPSA) is 84.2 Å². The maximum Gasteiger partial charge on any atom is 0.251 e. The smallest absolute Gasteiger partial charge is 0.251 e. The quantitative estimate of drug-likeness (QED) is 0.719. The van der Waals surface area contributed by atoms with Gasteiger partial charge in [-0.15, -0.1) is 0 Å². The zero-order valence-electron chi connectivity index (χ0n) is 12.0. The number of anilines is 2. The number of benzene rings is 2. The first kappa shape index (κ1) is 18.0. The van der Waals surface area contributed by atoms with Gasteiger partial charge in [0.1, 0.15) is 0 Å². The molecule has 0 radical (unpaired) electrons. The van der Waals surface area contributed by atoms with Crippen LogP contribution >= 0.6 is 23.2 Å². The van der Waals surface area contributed by atoms with Gasteiger partial charge in [0, 0.05) is 11.3 Å². The minimum atomic E-state index is -1.15. The molecule has 126 valence electrons. The Bertz CT molecular complexity index is 792. The molecule has 2 aromatic rings. The van der Waals surface area contributed by atoms with E-state index >= 15 is 0 Å². The van der Waals surface area contributed by atoms with E-state index in [-0.39, 0.29) is 21.3 Å². The lowest BCUT2D eigenvalue weighted by Crippen LogP contribution is -2.32. The summed E-state index contributed by atoms with van der Waals surface area (Å²) in [6, 6.07) is 5.46. The molecule has 9 heteroatoms. The van der Waals surface area contributed by atoms with Gasteiger partial charge in [-0.1, -0.05) is 23.2 Å². The van der Waals surface area contributed by atoms with Crippen LogP contribution in [0.3, 0.4) is 0 Å². The van der Waals surface area contributed by atoms with Crippen LogP contribution in [0.1, 0.15) is 10.4 Å². The van der Waals surface area contributed by atoms with E-state index in [1.54, 1.807) is 0 Å². The van der Waals surface area contributed by atoms with Crippen LogP contribution in [0.5, 0.6) is 0 Å². The van der Waals surface area contributed by atoms with Crippen LogP contribution < -0.4 is 16.4 Å². The maximum absolute atomic E-state index is 13.1. The molecule has 0 bridgehead atoms. The van der Waals surface area contributed by atoms with Gasteiger partial charge >= 0.3 is 0 Å². The summed E-state index contributed by atoms with van der Waals surface area (Å²) in [7, 11) is 0. The van der Waals surface area contributed by atoms with E-state index in [1.165, 1.54) is 12.1 Å². The summed E-state index contributed by atoms with van der Waals surface area (Å²) in [6.07, 6.45) is 0. The molecule has 2 amide bonds. The Balaban J connectivity index is 1.95. The van der Waals surface area contributed by atoms with E-state index in [9.17, 15) is 18.4 Å². The Morgan fingerprint density at radius 2 is 1.67 bits per heavy atom. The van der Waals surface area contributed by atoms with Crippen molar-refractivity contribution in [1.82, 2.24) is 5.32 Å². The minimum Gasteiger partial charge on any atom is -0.396 e. The molecular weight excluding hydrogens is 363 g/mol. The number of nitrogens with two attached hydrogens (primary N) is 1. The number of hydrogen-bond acceptors (Lipinski definition) is 3. The molecule has 0 fully saturated rings. The normalized spacial score (nSPS) is 10.3. The van der Waals surface area contributed by atoms with Crippen molar-refractivity contribution in [3.8, 4) is 0 Å². The second-order valence-electron chi connectivity index (χ2n) is 4.71. The van der Waals surface area contributed by atoms with E-state index in [4.69, 9.17) is 28.9 Å². The second kappa shape index (κ2) is 7.46. The van der Waals surface area contributed by atoms with Gasteiger partial charge < -0.3 is 16.4 Å². The molecule has 0 aliphatic carbocycles. The van der Waals surface area contributed by atoms with Crippen LogP contribution in [0.4, 0.5) is 20.2 Å². The van der Waals surface area contributed by atoms with Gasteiger partial charge in [0.25, 0.3) is 5.91 Å². The molecule has 24 heavy (non-hydrogen) atoms. The fourth-order valence-electron chi connectivity index (χ4n) is 1.76. The van der Waals surface area contributed by atoms with Crippen LogP contribution in [0.15, 0.2) is 30.3 Å². The Labute approximate surface area is 145 Å². The monoisotopic (exact) mass is 373 g/mol. The lowest BCUT2D eigenvalue weighted by atomic mass is 10.2.